The lowest BCUT2D eigenvalue weighted by molar-refractivity contribution is -0.139. The molecule has 2 rings (SSSR count). The van der Waals surface area contributed by atoms with E-state index in [2.05, 4.69) is 5.32 Å². The zero-order valence-corrected chi connectivity index (χ0v) is 11.4. The van der Waals surface area contributed by atoms with E-state index in [0.717, 1.165) is 31.5 Å². The van der Waals surface area contributed by atoms with Gasteiger partial charge in [0.1, 0.15) is 0 Å². The predicted octanol–water partition coefficient (Wildman–Crippen LogP) is 1.07. The number of carboxylic acid groups (broad SMARTS) is 1. The number of benzene rings is 1. The number of amides is 1. The van der Waals surface area contributed by atoms with Crippen LogP contribution >= 0.6 is 0 Å². The molecule has 0 radical (unpaired) electrons. The summed E-state index contributed by atoms with van der Waals surface area (Å²) in [5.41, 5.74) is 0.751. The molecule has 1 aromatic rings. The number of nitrogens with one attached hydrogen (secondary N) is 1. The second-order valence-corrected chi connectivity index (χ2v) is 5.02. The van der Waals surface area contributed by atoms with Gasteiger partial charge in [-0.15, -0.1) is 0 Å². The van der Waals surface area contributed by atoms with Gasteiger partial charge in [0.2, 0.25) is 5.91 Å². The molecule has 1 saturated heterocycles. The SMILES string of the molecule is O=C(O)C(CNCC(=O)N1CCCC1)c1ccccc1. The molecule has 1 unspecified atom stereocenters. The Balaban J connectivity index is 1.84. The maximum Gasteiger partial charge on any atom is 0.312 e. The van der Waals surface area contributed by atoms with Crippen molar-refractivity contribution >= 4 is 11.9 Å². The number of rotatable bonds is 6. The van der Waals surface area contributed by atoms with Gasteiger partial charge in [0.05, 0.1) is 12.5 Å². The van der Waals surface area contributed by atoms with Crippen LogP contribution in [0.4, 0.5) is 0 Å². The van der Waals surface area contributed by atoms with Gasteiger partial charge in [-0.05, 0) is 18.4 Å². The van der Waals surface area contributed by atoms with Gasteiger partial charge in [0.25, 0.3) is 0 Å². The third-order valence-corrected chi connectivity index (χ3v) is 3.58. The normalized spacial score (nSPS) is 16.1. The molecule has 1 fully saturated rings. The van der Waals surface area contributed by atoms with Gasteiger partial charge in [0, 0.05) is 19.6 Å². The van der Waals surface area contributed by atoms with E-state index in [4.69, 9.17) is 0 Å². The van der Waals surface area contributed by atoms with Crippen molar-refractivity contribution in [1.29, 1.82) is 0 Å². The van der Waals surface area contributed by atoms with Crippen LogP contribution in [0.1, 0.15) is 24.3 Å². The molecular formula is C15H20N2O3. The Morgan fingerprint density at radius 2 is 1.85 bits per heavy atom. The number of hydrogen-bond donors (Lipinski definition) is 2. The molecule has 0 bridgehead atoms. The van der Waals surface area contributed by atoms with Gasteiger partial charge in [-0.25, -0.2) is 0 Å². The van der Waals surface area contributed by atoms with E-state index in [-0.39, 0.29) is 19.0 Å². The van der Waals surface area contributed by atoms with Crippen LogP contribution in [-0.2, 0) is 9.59 Å². The molecule has 1 amide bonds. The van der Waals surface area contributed by atoms with E-state index in [9.17, 15) is 14.7 Å². The quantitative estimate of drug-likeness (QED) is 0.815. The van der Waals surface area contributed by atoms with Gasteiger partial charge < -0.3 is 15.3 Å². The number of aliphatic carboxylic acids is 1. The van der Waals surface area contributed by atoms with Crippen molar-refractivity contribution < 1.29 is 14.7 Å². The Bertz CT molecular complexity index is 455. The summed E-state index contributed by atoms with van der Waals surface area (Å²) < 4.78 is 0. The summed E-state index contributed by atoms with van der Waals surface area (Å²) in [4.78, 5) is 25.0. The van der Waals surface area contributed by atoms with Crippen molar-refractivity contribution in [3.8, 4) is 0 Å². The molecule has 20 heavy (non-hydrogen) atoms. The van der Waals surface area contributed by atoms with Gasteiger partial charge in [0.15, 0.2) is 0 Å². The first-order valence-electron chi connectivity index (χ1n) is 6.94. The van der Waals surface area contributed by atoms with Crippen LogP contribution < -0.4 is 5.32 Å². The maximum absolute atomic E-state index is 11.8. The average Bonchev–Trinajstić information content (AvgIpc) is 2.98. The zero-order chi connectivity index (χ0) is 14.4. The van der Waals surface area contributed by atoms with E-state index in [0.29, 0.717) is 0 Å². The van der Waals surface area contributed by atoms with E-state index in [1.165, 1.54) is 0 Å². The lowest BCUT2D eigenvalue weighted by Crippen LogP contribution is -2.38. The molecule has 0 spiro atoms. The Kier molecular flexibility index (Phi) is 5.12. The third kappa shape index (κ3) is 3.81. The molecule has 1 aliphatic heterocycles. The minimum Gasteiger partial charge on any atom is -0.481 e. The fraction of sp³-hybridized carbons (Fsp3) is 0.467. The Hall–Kier alpha value is -1.88. The van der Waals surface area contributed by atoms with E-state index in [1.807, 2.05) is 23.1 Å². The number of likely N-dealkylation sites (tertiary alicyclic amines) is 1. The maximum atomic E-state index is 11.8. The molecule has 108 valence electrons. The van der Waals surface area contributed by atoms with Crippen LogP contribution in [0, 0.1) is 0 Å². The van der Waals surface area contributed by atoms with Gasteiger partial charge in [-0.2, -0.15) is 0 Å². The molecule has 1 heterocycles. The fourth-order valence-corrected chi connectivity index (χ4v) is 2.43. The van der Waals surface area contributed by atoms with Crippen molar-refractivity contribution in [3.05, 3.63) is 35.9 Å². The minimum absolute atomic E-state index is 0.0553. The Morgan fingerprint density at radius 3 is 2.45 bits per heavy atom. The number of hydrogen-bond acceptors (Lipinski definition) is 3. The van der Waals surface area contributed by atoms with E-state index < -0.39 is 11.9 Å². The number of nitrogens with zero attached hydrogens (tertiary/aromatic N) is 1. The monoisotopic (exact) mass is 276 g/mol. The summed E-state index contributed by atoms with van der Waals surface area (Å²) in [5, 5.41) is 12.2. The van der Waals surface area contributed by atoms with E-state index >= 15 is 0 Å². The van der Waals surface area contributed by atoms with Crippen LogP contribution in [0.3, 0.4) is 0 Å². The van der Waals surface area contributed by atoms with Gasteiger partial charge >= 0.3 is 5.97 Å². The highest BCUT2D eigenvalue weighted by atomic mass is 16.4. The van der Waals surface area contributed by atoms with Gasteiger partial charge in [-0.3, -0.25) is 9.59 Å². The van der Waals surface area contributed by atoms with Crippen LogP contribution in [0.15, 0.2) is 30.3 Å². The Labute approximate surface area is 118 Å². The summed E-state index contributed by atoms with van der Waals surface area (Å²) in [7, 11) is 0. The summed E-state index contributed by atoms with van der Waals surface area (Å²) in [6.07, 6.45) is 2.13. The van der Waals surface area contributed by atoms with Crippen LogP contribution in [-0.4, -0.2) is 48.1 Å². The average molecular weight is 276 g/mol. The molecule has 5 nitrogen and oxygen atoms in total. The smallest absolute Gasteiger partial charge is 0.312 e. The zero-order valence-electron chi connectivity index (χ0n) is 11.4. The van der Waals surface area contributed by atoms with Crippen molar-refractivity contribution in [3.63, 3.8) is 0 Å². The molecule has 1 atom stereocenters. The third-order valence-electron chi connectivity index (χ3n) is 3.58. The standard InChI is InChI=1S/C15H20N2O3/c18-14(17-8-4-5-9-17)11-16-10-13(15(19)20)12-6-2-1-3-7-12/h1-3,6-7,13,16H,4-5,8-11H2,(H,19,20). The summed E-state index contributed by atoms with van der Waals surface area (Å²) in [6.45, 7) is 2.11. The predicted molar refractivity (Wildman–Crippen MR) is 75.5 cm³/mol. The van der Waals surface area contributed by atoms with E-state index in [1.54, 1.807) is 12.1 Å². The number of carboxylic acids is 1. The largest absolute Gasteiger partial charge is 0.481 e. The minimum atomic E-state index is -0.877. The Morgan fingerprint density at radius 1 is 1.20 bits per heavy atom. The van der Waals surface area contributed by atoms with Crippen LogP contribution in [0.25, 0.3) is 0 Å². The second-order valence-electron chi connectivity index (χ2n) is 5.02. The van der Waals surface area contributed by atoms with Crippen molar-refractivity contribution in [1.82, 2.24) is 10.2 Å². The van der Waals surface area contributed by atoms with Crippen molar-refractivity contribution in [2.75, 3.05) is 26.2 Å². The molecule has 0 saturated carbocycles. The first-order chi connectivity index (χ1) is 9.68. The molecule has 5 heteroatoms. The molecule has 1 aromatic carbocycles. The highest BCUT2D eigenvalue weighted by Crippen LogP contribution is 2.14. The summed E-state index contributed by atoms with van der Waals surface area (Å²) in [6, 6.07) is 9.08. The fourth-order valence-electron chi connectivity index (χ4n) is 2.43. The van der Waals surface area contributed by atoms with Gasteiger partial charge in [-0.1, -0.05) is 30.3 Å². The summed E-state index contributed by atoms with van der Waals surface area (Å²) >= 11 is 0. The van der Waals surface area contributed by atoms with Crippen LogP contribution in [0.2, 0.25) is 0 Å². The number of carbonyl (C=O) groups is 2. The lowest BCUT2D eigenvalue weighted by atomic mass is 9.99. The lowest BCUT2D eigenvalue weighted by Gasteiger charge is -2.17. The summed E-state index contributed by atoms with van der Waals surface area (Å²) in [5.74, 6) is -1.44. The first kappa shape index (κ1) is 14.5. The topological polar surface area (TPSA) is 69.6 Å². The molecular weight excluding hydrogens is 256 g/mol. The van der Waals surface area contributed by atoms with Crippen molar-refractivity contribution in [2.45, 2.75) is 18.8 Å². The van der Waals surface area contributed by atoms with Crippen molar-refractivity contribution in [2.24, 2.45) is 0 Å². The first-order valence-corrected chi connectivity index (χ1v) is 6.94. The molecule has 1 aliphatic rings. The highest BCUT2D eigenvalue weighted by Gasteiger charge is 2.21. The molecule has 0 aliphatic carbocycles. The molecule has 2 N–H and O–H groups in total. The van der Waals surface area contributed by atoms with Crippen LogP contribution in [0.5, 0.6) is 0 Å². The second kappa shape index (κ2) is 7.05. The number of carbonyl (C=O) groups excluding carboxylic acids is 1. The molecule has 0 aromatic heterocycles. The highest BCUT2D eigenvalue weighted by molar-refractivity contribution is 5.79.